The fourth-order valence-electron chi connectivity index (χ4n) is 4.17. The molecule has 2 saturated heterocycles. The van der Waals surface area contributed by atoms with E-state index in [9.17, 15) is 14.7 Å². The zero-order chi connectivity index (χ0) is 19.1. The van der Waals surface area contributed by atoms with Crippen molar-refractivity contribution in [3.63, 3.8) is 0 Å². The number of amides is 2. The predicted molar refractivity (Wildman–Crippen MR) is 104 cm³/mol. The second-order valence-corrected chi connectivity index (χ2v) is 7.67. The average Bonchev–Trinajstić information content (AvgIpc) is 2.70. The van der Waals surface area contributed by atoms with Gasteiger partial charge in [-0.3, -0.25) is 14.5 Å². The molecule has 0 aromatic heterocycles. The zero-order valence-corrected chi connectivity index (χ0v) is 16.0. The molecule has 0 bridgehead atoms. The maximum atomic E-state index is 12.6. The Morgan fingerprint density at radius 1 is 1.04 bits per heavy atom. The molecule has 1 unspecified atom stereocenters. The van der Waals surface area contributed by atoms with Crippen LogP contribution < -0.4 is 5.32 Å². The van der Waals surface area contributed by atoms with Crippen LogP contribution in [0.3, 0.4) is 0 Å². The van der Waals surface area contributed by atoms with E-state index in [0.29, 0.717) is 13.0 Å². The number of carbonyl (C=O) groups is 2. The van der Waals surface area contributed by atoms with Crippen molar-refractivity contribution in [2.24, 2.45) is 0 Å². The first-order chi connectivity index (χ1) is 13.2. The lowest BCUT2D eigenvalue weighted by atomic mass is 9.99. The molecule has 2 N–H and O–H groups in total. The number of rotatable bonds is 5. The Morgan fingerprint density at radius 3 is 2.48 bits per heavy atom. The lowest BCUT2D eigenvalue weighted by Crippen LogP contribution is -2.53. The van der Waals surface area contributed by atoms with E-state index in [-0.39, 0.29) is 18.7 Å². The molecule has 0 radical (unpaired) electrons. The first kappa shape index (κ1) is 19.8. The number of hydrogen-bond donors (Lipinski definition) is 2. The molecule has 2 amide bonds. The monoisotopic (exact) mass is 373 g/mol. The van der Waals surface area contributed by atoms with Crippen LogP contribution in [-0.2, 0) is 16.1 Å². The lowest BCUT2D eigenvalue weighted by Gasteiger charge is -2.36. The molecular weight excluding hydrogens is 342 g/mol. The Hall–Kier alpha value is -1.92. The van der Waals surface area contributed by atoms with Gasteiger partial charge in [-0.25, -0.2) is 0 Å². The highest BCUT2D eigenvalue weighted by atomic mass is 16.3. The molecule has 0 saturated carbocycles. The van der Waals surface area contributed by atoms with Gasteiger partial charge in [0, 0.05) is 44.9 Å². The summed E-state index contributed by atoms with van der Waals surface area (Å²) in [5, 5.41) is 12.1. The largest absolute Gasteiger partial charge is 0.396 e. The molecule has 0 spiro atoms. The van der Waals surface area contributed by atoms with E-state index in [1.807, 2.05) is 6.07 Å². The molecular formula is C21H31N3O3. The number of piperidine rings is 2. The number of carbonyl (C=O) groups excluding carboxylic acids is 2. The van der Waals surface area contributed by atoms with Crippen molar-refractivity contribution in [1.82, 2.24) is 15.1 Å². The van der Waals surface area contributed by atoms with E-state index in [1.54, 1.807) is 4.90 Å². The third-order valence-corrected chi connectivity index (χ3v) is 5.72. The Bertz CT molecular complexity index is 612. The highest BCUT2D eigenvalue weighted by Crippen LogP contribution is 2.20. The summed E-state index contributed by atoms with van der Waals surface area (Å²) in [5.74, 6) is -0.916. The summed E-state index contributed by atoms with van der Waals surface area (Å²) in [5.41, 5.74) is 1.30. The van der Waals surface area contributed by atoms with E-state index >= 15 is 0 Å². The smallest absolute Gasteiger partial charge is 0.312 e. The number of benzene rings is 1. The topological polar surface area (TPSA) is 72.9 Å². The molecule has 0 aliphatic carbocycles. The minimum atomic E-state index is -0.485. The summed E-state index contributed by atoms with van der Waals surface area (Å²) < 4.78 is 0. The first-order valence-corrected chi connectivity index (χ1v) is 10.2. The molecule has 6 heteroatoms. The standard InChI is InChI=1S/C21H31N3O3/c25-15-11-19-8-4-5-12-24(19)21(27)20(26)22-18-9-13-23(14-10-18)16-17-6-2-1-3-7-17/h1-3,6-7,18-19,25H,4-5,8-16H2,(H,22,26). The van der Waals surface area contributed by atoms with Crippen LogP contribution in [0.4, 0.5) is 0 Å². The molecule has 3 rings (SSSR count). The van der Waals surface area contributed by atoms with Crippen molar-refractivity contribution in [3.05, 3.63) is 35.9 Å². The molecule has 6 nitrogen and oxygen atoms in total. The summed E-state index contributed by atoms with van der Waals surface area (Å²) in [6.07, 6.45) is 5.14. The Balaban J connectivity index is 1.45. The molecule has 27 heavy (non-hydrogen) atoms. The normalized spacial score (nSPS) is 21.8. The van der Waals surface area contributed by atoms with Crippen LogP contribution in [0.1, 0.15) is 44.1 Å². The van der Waals surface area contributed by atoms with Crippen LogP contribution in [0.15, 0.2) is 30.3 Å². The van der Waals surface area contributed by atoms with Crippen molar-refractivity contribution in [1.29, 1.82) is 0 Å². The van der Waals surface area contributed by atoms with Crippen LogP contribution in [0, 0.1) is 0 Å². The van der Waals surface area contributed by atoms with Gasteiger partial charge in [-0.05, 0) is 44.1 Å². The third-order valence-electron chi connectivity index (χ3n) is 5.72. The van der Waals surface area contributed by atoms with E-state index < -0.39 is 11.8 Å². The second kappa shape index (κ2) is 9.85. The summed E-state index contributed by atoms with van der Waals surface area (Å²) in [6, 6.07) is 10.5. The summed E-state index contributed by atoms with van der Waals surface area (Å²) in [4.78, 5) is 29.1. The number of likely N-dealkylation sites (tertiary alicyclic amines) is 2. The molecule has 2 heterocycles. The van der Waals surface area contributed by atoms with Crippen LogP contribution in [0.2, 0.25) is 0 Å². The predicted octanol–water partition coefficient (Wildman–Crippen LogP) is 1.53. The second-order valence-electron chi connectivity index (χ2n) is 7.67. The average molecular weight is 373 g/mol. The van der Waals surface area contributed by atoms with Crippen LogP contribution in [-0.4, -0.2) is 65.0 Å². The minimum absolute atomic E-state index is 0.00489. The molecule has 1 aromatic rings. The molecule has 1 atom stereocenters. The van der Waals surface area contributed by atoms with Gasteiger partial charge in [0.05, 0.1) is 0 Å². The Labute approximate surface area is 161 Å². The van der Waals surface area contributed by atoms with Gasteiger partial charge in [0.2, 0.25) is 0 Å². The van der Waals surface area contributed by atoms with Crippen molar-refractivity contribution in [2.75, 3.05) is 26.2 Å². The maximum absolute atomic E-state index is 12.6. The molecule has 2 fully saturated rings. The number of nitrogens with zero attached hydrogens (tertiary/aromatic N) is 2. The minimum Gasteiger partial charge on any atom is -0.396 e. The Morgan fingerprint density at radius 2 is 1.78 bits per heavy atom. The van der Waals surface area contributed by atoms with E-state index in [1.165, 1.54) is 5.56 Å². The maximum Gasteiger partial charge on any atom is 0.312 e. The molecule has 2 aliphatic heterocycles. The van der Waals surface area contributed by atoms with Gasteiger partial charge in [0.1, 0.15) is 0 Å². The summed E-state index contributed by atoms with van der Waals surface area (Å²) >= 11 is 0. The summed E-state index contributed by atoms with van der Waals surface area (Å²) in [6.45, 7) is 3.44. The highest BCUT2D eigenvalue weighted by molar-refractivity contribution is 6.35. The van der Waals surface area contributed by atoms with Gasteiger partial charge in [0.15, 0.2) is 0 Å². The summed E-state index contributed by atoms with van der Waals surface area (Å²) in [7, 11) is 0. The van der Waals surface area contributed by atoms with Gasteiger partial charge < -0.3 is 15.3 Å². The first-order valence-electron chi connectivity index (χ1n) is 10.2. The number of hydrogen-bond acceptors (Lipinski definition) is 4. The van der Waals surface area contributed by atoms with Crippen LogP contribution in [0.25, 0.3) is 0 Å². The van der Waals surface area contributed by atoms with Crippen molar-refractivity contribution in [3.8, 4) is 0 Å². The van der Waals surface area contributed by atoms with Gasteiger partial charge in [-0.1, -0.05) is 30.3 Å². The molecule has 2 aliphatic rings. The van der Waals surface area contributed by atoms with Gasteiger partial charge in [0.25, 0.3) is 0 Å². The van der Waals surface area contributed by atoms with E-state index in [0.717, 1.165) is 51.7 Å². The van der Waals surface area contributed by atoms with E-state index in [2.05, 4.69) is 34.5 Å². The Kier molecular flexibility index (Phi) is 7.24. The van der Waals surface area contributed by atoms with Crippen LogP contribution >= 0.6 is 0 Å². The van der Waals surface area contributed by atoms with Crippen molar-refractivity contribution in [2.45, 2.75) is 57.2 Å². The number of aliphatic hydroxyl groups excluding tert-OH is 1. The number of aliphatic hydroxyl groups is 1. The van der Waals surface area contributed by atoms with E-state index in [4.69, 9.17) is 0 Å². The lowest BCUT2D eigenvalue weighted by molar-refractivity contribution is -0.149. The quantitative estimate of drug-likeness (QED) is 0.768. The number of nitrogens with one attached hydrogen (secondary N) is 1. The van der Waals surface area contributed by atoms with Crippen LogP contribution in [0.5, 0.6) is 0 Å². The van der Waals surface area contributed by atoms with Gasteiger partial charge >= 0.3 is 11.8 Å². The third kappa shape index (κ3) is 5.53. The fourth-order valence-corrected chi connectivity index (χ4v) is 4.17. The molecule has 148 valence electrons. The molecule has 1 aromatic carbocycles. The van der Waals surface area contributed by atoms with Gasteiger partial charge in [-0.2, -0.15) is 0 Å². The highest BCUT2D eigenvalue weighted by Gasteiger charge is 2.32. The van der Waals surface area contributed by atoms with Crippen molar-refractivity contribution < 1.29 is 14.7 Å². The fraction of sp³-hybridized carbons (Fsp3) is 0.619. The zero-order valence-electron chi connectivity index (χ0n) is 16.0. The SMILES string of the molecule is O=C(NC1CCN(Cc2ccccc2)CC1)C(=O)N1CCCCC1CCO. The van der Waals surface area contributed by atoms with Gasteiger partial charge in [-0.15, -0.1) is 0 Å². The van der Waals surface area contributed by atoms with Crippen molar-refractivity contribution >= 4 is 11.8 Å².